The number of aliphatic hydroxyl groups is 1. The summed E-state index contributed by atoms with van der Waals surface area (Å²) in [5.74, 6) is -0.336. The molecule has 4 aromatic heterocycles. The van der Waals surface area contributed by atoms with Crippen molar-refractivity contribution in [2.24, 2.45) is 5.41 Å². The number of hydrogen-bond donors (Lipinski definition) is 4. The Bertz CT molecular complexity index is 2860. The van der Waals surface area contributed by atoms with Gasteiger partial charge in [0.15, 0.2) is 11.6 Å². The van der Waals surface area contributed by atoms with Gasteiger partial charge in [0.05, 0.1) is 39.9 Å². The molecule has 2 aromatic carbocycles. The molecule has 0 radical (unpaired) electrons. The minimum Gasteiger partial charge on any atom is -0.391 e. The number of pyridine rings is 1. The zero-order chi connectivity index (χ0) is 51.3. The molecule has 2 saturated heterocycles. The number of piperazine rings is 1. The van der Waals surface area contributed by atoms with Gasteiger partial charge in [-0.1, -0.05) is 57.5 Å². The molecule has 0 aliphatic carbocycles. The van der Waals surface area contributed by atoms with Crippen LogP contribution in [0.2, 0.25) is 0 Å². The molecule has 16 nitrogen and oxygen atoms in total. The van der Waals surface area contributed by atoms with Gasteiger partial charge in [0.2, 0.25) is 23.7 Å². The van der Waals surface area contributed by atoms with Crippen LogP contribution in [0.15, 0.2) is 66.4 Å². The molecule has 0 bridgehead atoms. The van der Waals surface area contributed by atoms with Crippen LogP contribution in [-0.2, 0) is 27.5 Å². The fourth-order valence-corrected chi connectivity index (χ4v) is 10.5. The van der Waals surface area contributed by atoms with Gasteiger partial charge in [-0.05, 0) is 87.4 Å². The number of anilines is 2. The summed E-state index contributed by atoms with van der Waals surface area (Å²) in [6.45, 7) is 18.1. The molecule has 382 valence electrons. The number of fused-ring (bicyclic) bond motifs is 1. The molecule has 0 spiro atoms. The Morgan fingerprint density at radius 2 is 1.62 bits per heavy atom. The molecule has 3 amide bonds. The van der Waals surface area contributed by atoms with Crippen LogP contribution in [0.1, 0.15) is 95.4 Å². The second kappa shape index (κ2) is 22.6. The Hall–Kier alpha value is -6.28. The number of nitrogens with zero attached hydrogens (tertiary/aromatic N) is 9. The van der Waals surface area contributed by atoms with Crippen LogP contribution in [0.25, 0.3) is 32.7 Å². The number of hydrogen-bond acceptors (Lipinski definition) is 13. The number of unbranched alkanes of at least 4 members (excludes halogenated alkanes) is 2. The average molecular weight is 1010 g/mol. The number of imidazole rings is 1. The first kappa shape index (κ1) is 52.1. The lowest BCUT2D eigenvalue weighted by Gasteiger charge is -2.35. The SMILES string of the molecule is Cc1ncsc1-c1ccc(CNC(=O)C2CC(O)CN2C(=O)[C@@H](NCCCCCC(=O)N2CCN(Cc3ccc(Nc4ncc(F)c(-c5cc(F)c6nc(C)n(C(C)C)c6c5)n4)nc3)CC2)C(C)(C)C)cc1. The second-order valence-electron chi connectivity index (χ2n) is 20.3. The minimum absolute atomic E-state index is 0.0254. The molecule has 8 rings (SSSR count). The van der Waals surface area contributed by atoms with E-state index in [-0.39, 0.29) is 59.5 Å². The smallest absolute Gasteiger partial charge is 0.243 e. The molecule has 19 heteroatoms. The molecule has 2 aliphatic rings. The van der Waals surface area contributed by atoms with E-state index < -0.39 is 35.2 Å². The summed E-state index contributed by atoms with van der Waals surface area (Å²) in [4.78, 5) is 69.4. The first-order valence-corrected chi connectivity index (χ1v) is 25.7. The van der Waals surface area contributed by atoms with Crippen LogP contribution >= 0.6 is 11.3 Å². The molecule has 3 atom stereocenters. The van der Waals surface area contributed by atoms with E-state index in [1.165, 1.54) is 11.0 Å². The number of aryl methyl sites for hydroxylation is 2. The molecule has 2 unspecified atom stereocenters. The third kappa shape index (κ3) is 12.3. The van der Waals surface area contributed by atoms with Crippen LogP contribution < -0.4 is 16.0 Å². The summed E-state index contributed by atoms with van der Waals surface area (Å²) in [6.07, 6.45) is 4.99. The first-order chi connectivity index (χ1) is 34.4. The van der Waals surface area contributed by atoms with Gasteiger partial charge in [0.25, 0.3) is 0 Å². The number of aliphatic hydroxyl groups excluding tert-OH is 1. The number of nitrogens with one attached hydrogen (secondary N) is 3. The number of amides is 3. The molecule has 2 aliphatic heterocycles. The Morgan fingerprint density at radius 1 is 0.875 bits per heavy atom. The average Bonchev–Trinajstić information content (AvgIpc) is 4.07. The van der Waals surface area contributed by atoms with Gasteiger partial charge < -0.3 is 35.4 Å². The van der Waals surface area contributed by atoms with Crippen molar-refractivity contribution in [3.8, 4) is 21.7 Å². The highest BCUT2D eigenvalue weighted by atomic mass is 32.1. The van der Waals surface area contributed by atoms with Crippen LogP contribution in [0, 0.1) is 30.9 Å². The second-order valence-corrected chi connectivity index (χ2v) is 21.2. The number of halogens is 2. The van der Waals surface area contributed by atoms with E-state index >= 15 is 8.78 Å². The number of rotatable bonds is 18. The minimum atomic E-state index is -0.787. The van der Waals surface area contributed by atoms with Gasteiger partial charge in [-0.25, -0.2) is 33.7 Å². The quantitative estimate of drug-likeness (QED) is 0.0616. The number of carbonyl (C=O) groups is 3. The van der Waals surface area contributed by atoms with Crippen molar-refractivity contribution in [3.63, 3.8) is 0 Å². The summed E-state index contributed by atoms with van der Waals surface area (Å²) >= 11 is 1.59. The number of likely N-dealkylation sites (tertiary alicyclic amines) is 1. The molecule has 6 aromatic rings. The Morgan fingerprint density at radius 3 is 2.31 bits per heavy atom. The zero-order valence-electron chi connectivity index (χ0n) is 42.2. The Balaban J connectivity index is 0.744. The van der Waals surface area contributed by atoms with E-state index in [0.29, 0.717) is 56.3 Å². The fourth-order valence-electron chi connectivity index (χ4n) is 9.69. The third-order valence-electron chi connectivity index (χ3n) is 13.5. The largest absolute Gasteiger partial charge is 0.391 e. The topological polar surface area (TPSA) is 187 Å². The van der Waals surface area contributed by atoms with Crippen molar-refractivity contribution in [2.45, 2.75) is 118 Å². The maximum absolute atomic E-state index is 15.2. The van der Waals surface area contributed by atoms with Crippen LogP contribution in [0.4, 0.5) is 20.5 Å². The van der Waals surface area contributed by atoms with Crippen molar-refractivity contribution in [2.75, 3.05) is 44.6 Å². The van der Waals surface area contributed by atoms with Gasteiger partial charge in [-0.2, -0.15) is 0 Å². The zero-order valence-corrected chi connectivity index (χ0v) is 43.0. The summed E-state index contributed by atoms with van der Waals surface area (Å²) in [7, 11) is 0. The van der Waals surface area contributed by atoms with Crippen LogP contribution in [0.5, 0.6) is 0 Å². The normalized spacial score (nSPS) is 17.0. The van der Waals surface area contributed by atoms with Crippen molar-refractivity contribution in [3.05, 3.63) is 101 Å². The van der Waals surface area contributed by atoms with Gasteiger partial charge in [-0.15, -0.1) is 11.3 Å². The van der Waals surface area contributed by atoms with Crippen molar-refractivity contribution >= 4 is 51.9 Å². The predicted octanol–water partition coefficient (Wildman–Crippen LogP) is 7.72. The highest BCUT2D eigenvalue weighted by Gasteiger charge is 2.43. The molecule has 72 heavy (non-hydrogen) atoms. The van der Waals surface area contributed by atoms with E-state index in [2.05, 4.69) is 45.8 Å². The van der Waals surface area contributed by atoms with Gasteiger partial charge in [0, 0.05) is 76.5 Å². The summed E-state index contributed by atoms with van der Waals surface area (Å²) < 4.78 is 32.2. The van der Waals surface area contributed by atoms with Crippen molar-refractivity contribution in [1.29, 1.82) is 0 Å². The number of carbonyl (C=O) groups excluding carboxylic acids is 3. The summed E-state index contributed by atoms with van der Waals surface area (Å²) in [5, 5.41) is 20.1. The van der Waals surface area contributed by atoms with E-state index in [1.807, 2.05) is 93.8 Å². The lowest BCUT2D eigenvalue weighted by Crippen LogP contribution is -2.56. The van der Waals surface area contributed by atoms with Crippen LogP contribution in [0.3, 0.4) is 0 Å². The van der Waals surface area contributed by atoms with E-state index in [1.54, 1.807) is 29.7 Å². The van der Waals surface area contributed by atoms with Crippen molar-refractivity contribution < 1.29 is 28.3 Å². The number of thiazole rings is 1. The fraction of sp³-hybridized carbons (Fsp3) is 0.472. The Kier molecular flexibility index (Phi) is 16.4. The maximum atomic E-state index is 15.2. The van der Waals surface area contributed by atoms with E-state index in [9.17, 15) is 19.5 Å². The predicted molar refractivity (Wildman–Crippen MR) is 275 cm³/mol. The molecular weight excluding hydrogens is 939 g/mol. The lowest BCUT2D eigenvalue weighted by atomic mass is 9.85. The lowest BCUT2D eigenvalue weighted by molar-refractivity contribution is -0.142. The summed E-state index contributed by atoms with van der Waals surface area (Å²) in [5.41, 5.74) is 6.38. The number of aromatic nitrogens is 6. The van der Waals surface area contributed by atoms with Crippen LogP contribution in [-0.4, -0.2) is 124 Å². The standard InChI is InChI=1S/C53H66F2N12O4S/c1-32(2)67-34(4)61-47-40(54)23-38(24-42(47)67)46-41(55)28-59-52(63-46)62-44-17-14-36(27-57-44)29-64-19-21-65(22-20-64)45(69)11-9-8-10-18-56-49(53(5,6)7)51(71)66-30-39(68)25-43(66)50(70)58-26-35-12-15-37(16-13-35)48-33(3)60-31-72-48/h12-17,23-24,27-28,31-32,39,43,49,56,68H,8-11,18-22,25-26,29-30H2,1-7H3,(H,58,70)(H,57,59,62,63)/t39?,43?,49-/m1/s1. The molecule has 2 fully saturated rings. The highest BCUT2D eigenvalue weighted by molar-refractivity contribution is 7.13. The number of β-amino-alcohol motifs (C(OH)–C–C–N with tert-alkyl or cyclic N) is 1. The van der Waals surface area contributed by atoms with Gasteiger partial charge >= 0.3 is 0 Å². The molecule has 6 heterocycles. The maximum Gasteiger partial charge on any atom is 0.243 e. The van der Waals surface area contributed by atoms with Gasteiger partial charge in [0.1, 0.15) is 28.9 Å². The summed E-state index contributed by atoms with van der Waals surface area (Å²) in [6, 6.07) is 13.4. The number of benzene rings is 2. The molecule has 0 saturated carbocycles. The van der Waals surface area contributed by atoms with E-state index in [0.717, 1.165) is 65.8 Å². The van der Waals surface area contributed by atoms with Gasteiger partial charge in [-0.3, -0.25) is 19.3 Å². The van der Waals surface area contributed by atoms with E-state index in [4.69, 9.17) is 0 Å². The molecular formula is C53H66F2N12O4S. The monoisotopic (exact) mass is 1000 g/mol. The highest BCUT2D eigenvalue weighted by Crippen LogP contribution is 2.32. The molecule has 4 N–H and O–H groups in total. The third-order valence-corrected chi connectivity index (χ3v) is 14.5. The Labute approximate surface area is 423 Å². The first-order valence-electron chi connectivity index (χ1n) is 24.9. The van der Waals surface area contributed by atoms with Crippen molar-refractivity contribution in [1.82, 2.24) is 54.8 Å².